The van der Waals surface area contributed by atoms with Crippen LogP contribution in [0, 0.1) is 6.92 Å². The van der Waals surface area contributed by atoms with Crippen molar-refractivity contribution in [3.63, 3.8) is 0 Å². The van der Waals surface area contributed by atoms with Gasteiger partial charge < -0.3 is 9.84 Å². The van der Waals surface area contributed by atoms with Gasteiger partial charge in [0.25, 0.3) is 0 Å². The number of fused-ring (bicyclic) bond motifs is 3. The zero-order chi connectivity index (χ0) is 10.4. The van der Waals surface area contributed by atoms with E-state index in [2.05, 4.69) is 4.98 Å². The Morgan fingerprint density at radius 2 is 2.27 bits per heavy atom. The number of rotatable bonds is 0. The Morgan fingerprint density at radius 1 is 1.40 bits per heavy atom. The van der Waals surface area contributed by atoms with Crippen molar-refractivity contribution in [1.82, 2.24) is 4.98 Å². The van der Waals surface area contributed by atoms with Crippen molar-refractivity contribution in [2.75, 3.05) is 6.61 Å². The fourth-order valence-corrected chi connectivity index (χ4v) is 2.08. The molecule has 0 saturated heterocycles. The van der Waals surface area contributed by atoms with E-state index in [4.69, 9.17) is 4.74 Å². The predicted molar refractivity (Wildman–Crippen MR) is 57.3 cm³/mol. The molecule has 0 saturated carbocycles. The third-order valence-electron chi connectivity index (χ3n) is 2.76. The average Bonchev–Trinajstić information content (AvgIpc) is 2.65. The lowest BCUT2D eigenvalue weighted by Gasteiger charge is -2.06. The van der Waals surface area contributed by atoms with E-state index in [9.17, 15) is 5.11 Å². The molecule has 1 N–H and O–H groups in total. The SMILES string of the molecule is Cc1cc(O)c2ccc3c(c2n1)CCO3. The van der Waals surface area contributed by atoms with Crippen molar-refractivity contribution < 1.29 is 9.84 Å². The molecule has 15 heavy (non-hydrogen) atoms. The van der Waals surface area contributed by atoms with Crippen molar-refractivity contribution >= 4 is 10.9 Å². The van der Waals surface area contributed by atoms with Gasteiger partial charge >= 0.3 is 0 Å². The van der Waals surface area contributed by atoms with Gasteiger partial charge in [0, 0.05) is 29.1 Å². The third kappa shape index (κ3) is 1.16. The first-order valence-corrected chi connectivity index (χ1v) is 5.01. The summed E-state index contributed by atoms with van der Waals surface area (Å²) >= 11 is 0. The number of hydrogen-bond donors (Lipinski definition) is 1. The number of aromatic hydroxyl groups is 1. The van der Waals surface area contributed by atoms with E-state index >= 15 is 0 Å². The Kier molecular flexibility index (Phi) is 1.63. The van der Waals surface area contributed by atoms with Gasteiger partial charge in [0.05, 0.1) is 12.1 Å². The number of hydrogen-bond acceptors (Lipinski definition) is 3. The fourth-order valence-electron chi connectivity index (χ4n) is 2.08. The van der Waals surface area contributed by atoms with Gasteiger partial charge in [-0.3, -0.25) is 4.98 Å². The van der Waals surface area contributed by atoms with E-state index in [1.54, 1.807) is 6.07 Å². The summed E-state index contributed by atoms with van der Waals surface area (Å²) in [6.07, 6.45) is 0.878. The third-order valence-corrected chi connectivity index (χ3v) is 2.76. The van der Waals surface area contributed by atoms with Gasteiger partial charge in [-0.05, 0) is 19.1 Å². The largest absolute Gasteiger partial charge is 0.507 e. The number of ether oxygens (including phenoxy) is 1. The molecule has 0 atom stereocenters. The van der Waals surface area contributed by atoms with Crippen molar-refractivity contribution in [2.45, 2.75) is 13.3 Å². The van der Waals surface area contributed by atoms with E-state index in [-0.39, 0.29) is 0 Å². The second-order valence-electron chi connectivity index (χ2n) is 3.82. The molecule has 1 aromatic carbocycles. The van der Waals surface area contributed by atoms with Crippen LogP contribution in [0.15, 0.2) is 18.2 Å². The van der Waals surface area contributed by atoms with E-state index in [0.29, 0.717) is 12.4 Å². The smallest absolute Gasteiger partial charge is 0.126 e. The highest BCUT2D eigenvalue weighted by molar-refractivity contribution is 5.89. The molecular weight excluding hydrogens is 190 g/mol. The van der Waals surface area contributed by atoms with Crippen LogP contribution in [-0.2, 0) is 6.42 Å². The number of aromatic nitrogens is 1. The Bertz CT molecular complexity index is 549. The molecule has 3 nitrogen and oxygen atoms in total. The monoisotopic (exact) mass is 201 g/mol. The normalized spacial score (nSPS) is 13.9. The summed E-state index contributed by atoms with van der Waals surface area (Å²) in [6.45, 7) is 2.60. The minimum absolute atomic E-state index is 0.298. The molecule has 0 spiro atoms. The Balaban J connectivity index is 2.44. The lowest BCUT2D eigenvalue weighted by atomic mass is 10.1. The Morgan fingerprint density at radius 3 is 3.13 bits per heavy atom. The Hall–Kier alpha value is -1.77. The molecule has 0 bridgehead atoms. The average molecular weight is 201 g/mol. The van der Waals surface area contributed by atoms with E-state index in [1.807, 2.05) is 19.1 Å². The summed E-state index contributed by atoms with van der Waals surface area (Å²) in [5.41, 5.74) is 2.83. The molecule has 0 radical (unpaired) electrons. The highest BCUT2D eigenvalue weighted by Crippen LogP contribution is 2.35. The number of benzene rings is 1. The van der Waals surface area contributed by atoms with Gasteiger partial charge in [0.15, 0.2) is 0 Å². The summed E-state index contributed by atoms with van der Waals surface area (Å²) < 4.78 is 5.46. The molecule has 2 aromatic rings. The summed E-state index contributed by atoms with van der Waals surface area (Å²) in [5, 5.41) is 10.6. The lowest BCUT2D eigenvalue weighted by Crippen LogP contribution is -1.89. The van der Waals surface area contributed by atoms with Crippen LogP contribution in [0.5, 0.6) is 11.5 Å². The molecule has 0 amide bonds. The van der Waals surface area contributed by atoms with Crippen molar-refractivity contribution in [2.24, 2.45) is 0 Å². The van der Waals surface area contributed by atoms with Crippen LogP contribution in [0.4, 0.5) is 0 Å². The lowest BCUT2D eigenvalue weighted by molar-refractivity contribution is 0.357. The van der Waals surface area contributed by atoms with Gasteiger partial charge in [-0.2, -0.15) is 0 Å². The van der Waals surface area contributed by atoms with Crippen LogP contribution in [0.1, 0.15) is 11.3 Å². The van der Waals surface area contributed by atoms with Gasteiger partial charge in [0.1, 0.15) is 11.5 Å². The van der Waals surface area contributed by atoms with Gasteiger partial charge in [-0.25, -0.2) is 0 Å². The van der Waals surface area contributed by atoms with Crippen LogP contribution in [-0.4, -0.2) is 16.7 Å². The van der Waals surface area contributed by atoms with E-state index in [1.165, 1.54) is 0 Å². The molecule has 1 aromatic heterocycles. The van der Waals surface area contributed by atoms with Crippen molar-refractivity contribution in [3.05, 3.63) is 29.5 Å². The highest BCUT2D eigenvalue weighted by Gasteiger charge is 2.17. The molecule has 0 aliphatic carbocycles. The Labute approximate surface area is 87.3 Å². The van der Waals surface area contributed by atoms with Crippen molar-refractivity contribution in [1.29, 1.82) is 0 Å². The van der Waals surface area contributed by atoms with E-state index < -0.39 is 0 Å². The fraction of sp³-hybridized carbons (Fsp3) is 0.250. The maximum absolute atomic E-state index is 9.80. The summed E-state index contributed by atoms with van der Waals surface area (Å²) in [4.78, 5) is 4.47. The minimum atomic E-state index is 0.298. The van der Waals surface area contributed by atoms with Crippen LogP contribution < -0.4 is 4.74 Å². The maximum atomic E-state index is 9.80. The number of nitrogens with zero attached hydrogens (tertiary/aromatic N) is 1. The molecule has 2 heterocycles. The van der Waals surface area contributed by atoms with Gasteiger partial charge in [-0.1, -0.05) is 0 Å². The zero-order valence-electron chi connectivity index (χ0n) is 8.45. The molecule has 76 valence electrons. The summed E-state index contributed by atoms with van der Waals surface area (Å²) in [6, 6.07) is 5.45. The second-order valence-corrected chi connectivity index (χ2v) is 3.82. The summed E-state index contributed by atoms with van der Waals surface area (Å²) in [5.74, 6) is 1.20. The molecule has 1 aliphatic rings. The number of aryl methyl sites for hydroxylation is 1. The van der Waals surface area contributed by atoms with Gasteiger partial charge in [-0.15, -0.1) is 0 Å². The van der Waals surface area contributed by atoms with Gasteiger partial charge in [0.2, 0.25) is 0 Å². The van der Waals surface area contributed by atoms with Crippen molar-refractivity contribution in [3.8, 4) is 11.5 Å². The van der Waals surface area contributed by atoms with Crippen LogP contribution >= 0.6 is 0 Å². The molecule has 1 aliphatic heterocycles. The first kappa shape index (κ1) is 8.53. The predicted octanol–water partition coefficient (Wildman–Crippen LogP) is 2.18. The standard InChI is InChI=1S/C12H11NO2/c1-7-6-10(14)8-2-3-11-9(4-5-15-11)12(8)13-7/h2-3,6H,4-5H2,1H3,(H,13,14). The topological polar surface area (TPSA) is 42.4 Å². The zero-order valence-corrected chi connectivity index (χ0v) is 8.45. The maximum Gasteiger partial charge on any atom is 0.126 e. The number of pyridine rings is 1. The van der Waals surface area contributed by atoms with Crippen LogP contribution in [0.3, 0.4) is 0 Å². The van der Waals surface area contributed by atoms with Crippen LogP contribution in [0.25, 0.3) is 10.9 Å². The molecule has 0 unspecified atom stereocenters. The highest BCUT2D eigenvalue weighted by atomic mass is 16.5. The molecule has 3 heteroatoms. The first-order chi connectivity index (χ1) is 7.25. The minimum Gasteiger partial charge on any atom is -0.507 e. The quantitative estimate of drug-likeness (QED) is 0.710. The molecule has 3 rings (SSSR count). The summed E-state index contributed by atoms with van der Waals surface area (Å²) in [7, 11) is 0. The second kappa shape index (κ2) is 2.86. The molecule has 0 fully saturated rings. The molecular formula is C12H11NO2. The van der Waals surface area contributed by atoms with Crippen LogP contribution in [0.2, 0.25) is 0 Å². The first-order valence-electron chi connectivity index (χ1n) is 5.01. The van der Waals surface area contributed by atoms with E-state index in [0.717, 1.165) is 34.3 Å².